The monoisotopic (exact) mass is 184 g/mol. The van der Waals surface area contributed by atoms with Crippen LogP contribution in [-0.4, -0.2) is 23.0 Å². The Morgan fingerprint density at radius 1 is 1.42 bits per heavy atom. The lowest BCUT2D eigenvalue weighted by Crippen LogP contribution is -2.48. The Bertz CT molecular complexity index is 201. The second kappa shape index (κ2) is 3.53. The van der Waals surface area contributed by atoms with Crippen molar-refractivity contribution >= 4 is 11.8 Å². The smallest absolute Gasteiger partial charge is 0.273 e. The van der Waals surface area contributed by atoms with E-state index in [2.05, 4.69) is 5.84 Å². The predicted molar refractivity (Wildman–Crippen MR) is 32.4 cm³/mol. The van der Waals surface area contributed by atoms with Crippen molar-refractivity contribution in [1.29, 1.82) is 0 Å². The third-order valence-corrected chi connectivity index (χ3v) is 1.03. The van der Waals surface area contributed by atoms with Gasteiger partial charge in [-0.3, -0.25) is 9.59 Å². The molecule has 0 aliphatic carbocycles. The van der Waals surface area contributed by atoms with Gasteiger partial charge in [0.1, 0.15) is 0 Å². The van der Waals surface area contributed by atoms with Crippen LogP contribution in [0.3, 0.4) is 0 Å². The molecular formula is C5H7F3N2O2. The van der Waals surface area contributed by atoms with Crippen LogP contribution in [0.1, 0.15) is 13.3 Å². The summed E-state index contributed by atoms with van der Waals surface area (Å²) in [5.74, 6) is 1.15. The highest BCUT2D eigenvalue weighted by atomic mass is 19.4. The maximum absolute atomic E-state index is 11.6. The normalized spacial score (nSPS) is 11.1. The van der Waals surface area contributed by atoms with Gasteiger partial charge in [0, 0.05) is 6.42 Å². The van der Waals surface area contributed by atoms with E-state index in [1.807, 2.05) is 0 Å². The first-order valence-corrected chi connectivity index (χ1v) is 2.99. The fourth-order valence-corrected chi connectivity index (χ4v) is 0.420. The summed E-state index contributed by atoms with van der Waals surface area (Å²) in [5.41, 5.74) is 0. The quantitative estimate of drug-likeness (QED) is 0.359. The summed E-state index contributed by atoms with van der Waals surface area (Å²) < 4.78 is 34.7. The first kappa shape index (κ1) is 10.9. The predicted octanol–water partition coefficient (Wildman–Crippen LogP) is 0.188. The molecule has 0 heterocycles. The Morgan fingerprint density at radius 3 is 2.08 bits per heavy atom. The molecule has 2 amide bonds. The second-order valence-corrected chi connectivity index (χ2v) is 1.92. The number of carbonyl (C=O) groups excluding carboxylic acids is 2. The van der Waals surface area contributed by atoms with E-state index in [0.717, 1.165) is 0 Å². The lowest BCUT2D eigenvalue weighted by atomic mass is 10.4. The number of imide groups is 1. The number of rotatable bonds is 1. The molecule has 70 valence electrons. The van der Waals surface area contributed by atoms with Crippen molar-refractivity contribution < 1.29 is 22.8 Å². The van der Waals surface area contributed by atoms with Crippen LogP contribution >= 0.6 is 0 Å². The first-order chi connectivity index (χ1) is 5.30. The van der Waals surface area contributed by atoms with Crippen molar-refractivity contribution in [3.8, 4) is 0 Å². The Morgan fingerprint density at radius 2 is 1.83 bits per heavy atom. The fraction of sp³-hybridized carbons (Fsp3) is 0.600. The van der Waals surface area contributed by atoms with Crippen LogP contribution in [0.4, 0.5) is 13.2 Å². The van der Waals surface area contributed by atoms with Gasteiger partial charge in [0.05, 0.1) is 0 Å². The van der Waals surface area contributed by atoms with Gasteiger partial charge in [0.2, 0.25) is 5.91 Å². The van der Waals surface area contributed by atoms with Crippen LogP contribution in [0.5, 0.6) is 0 Å². The number of hydrogen-bond donors (Lipinski definition) is 1. The van der Waals surface area contributed by atoms with Gasteiger partial charge in [0.15, 0.2) is 0 Å². The van der Waals surface area contributed by atoms with E-state index < -0.39 is 23.0 Å². The van der Waals surface area contributed by atoms with Gasteiger partial charge < -0.3 is 0 Å². The Balaban J connectivity index is 4.41. The van der Waals surface area contributed by atoms with Crippen LogP contribution in [-0.2, 0) is 9.59 Å². The van der Waals surface area contributed by atoms with E-state index in [9.17, 15) is 22.8 Å². The third-order valence-electron chi connectivity index (χ3n) is 1.03. The summed E-state index contributed by atoms with van der Waals surface area (Å²) in [6.07, 6.45) is -5.35. The van der Waals surface area contributed by atoms with Crippen molar-refractivity contribution in [1.82, 2.24) is 5.01 Å². The van der Waals surface area contributed by atoms with Crippen LogP contribution < -0.4 is 5.84 Å². The topological polar surface area (TPSA) is 63.4 Å². The highest BCUT2D eigenvalue weighted by Gasteiger charge is 2.43. The van der Waals surface area contributed by atoms with Crippen molar-refractivity contribution in [2.45, 2.75) is 19.5 Å². The van der Waals surface area contributed by atoms with Gasteiger partial charge >= 0.3 is 12.1 Å². The molecule has 12 heavy (non-hydrogen) atoms. The molecule has 0 fully saturated rings. The zero-order valence-corrected chi connectivity index (χ0v) is 6.18. The minimum absolute atomic E-state index is 0.252. The van der Waals surface area contributed by atoms with Gasteiger partial charge in [0.25, 0.3) is 0 Å². The minimum Gasteiger partial charge on any atom is -0.273 e. The summed E-state index contributed by atoms with van der Waals surface area (Å²) in [7, 11) is 0. The number of halogens is 3. The number of alkyl halides is 3. The molecule has 0 aromatic carbocycles. The molecule has 0 bridgehead atoms. The molecule has 0 aliphatic rings. The van der Waals surface area contributed by atoms with E-state index in [-0.39, 0.29) is 6.42 Å². The van der Waals surface area contributed by atoms with E-state index in [0.29, 0.717) is 0 Å². The molecule has 0 aromatic rings. The average Bonchev–Trinajstić information content (AvgIpc) is 1.98. The van der Waals surface area contributed by atoms with Gasteiger partial charge in [-0.25, -0.2) is 10.9 Å². The summed E-state index contributed by atoms with van der Waals surface area (Å²) in [6.45, 7) is 1.30. The average molecular weight is 184 g/mol. The lowest BCUT2D eigenvalue weighted by Gasteiger charge is -2.14. The van der Waals surface area contributed by atoms with Gasteiger partial charge in [-0.05, 0) is 0 Å². The molecule has 0 unspecified atom stereocenters. The zero-order valence-electron chi connectivity index (χ0n) is 6.18. The van der Waals surface area contributed by atoms with Gasteiger partial charge in [-0.15, -0.1) is 0 Å². The summed E-state index contributed by atoms with van der Waals surface area (Å²) >= 11 is 0. The van der Waals surface area contributed by atoms with E-state index in [1.54, 1.807) is 0 Å². The molecule has 7 heteroatoms. The maximum Gasteiger partial charge on any atom is 0.473 e. The molecule has 4 nitrogen and oxygen atoms in total. The Hall–Kier alpha value is -1.11. The maximum atomic E-state index is 11.6. The molecule has 2 N–H and O–H groups in total. The molecule has 0 aliphatic heterocycles. The fourth-order valence-electron chi connectivity index (χ4n) is 0.420. The van der Waals surface area contributed by atoms with E-state index in [4.69, 9.17) is 0 Å². The van der Waals surface area contributed by atoms with Crippen molar-refractivity contribution in [2.24, 2.45) is 5.84 Å². The number of nitrogens with zero attached hydrogens (tertiary/aromatic N) is 1. The van der Waals surface area contributed by atoms with Crippen LogP contribution in [0.2, 0.25) is 0 Å². The summed E-state index contributed by atoms with van der Waals surface area (Å²) in [6, 6.07) is 0. The molecule has 0 saturated carbocycles. The third kappa shape index (κ3) is 2.50. The highest BCUT2D eigenvalue weighted by molar-refractivity contribution is 5.96. The Labute approximate surface area is 66.1 Å². The molecule has 0 aromatic heterocycles. The number of carbonyl (C=O) groups is 2. The van der Waals surface area contributed by atoms with Crippen molar-refractivity contribution in [2.75, 3.05) is 0 Å². The van der Waals surface area contributed by atoms with Gasteiger partial charge in [-0.2, -0.15) is 13.2 Å². The molecule has 0 rings (SSSR count). The molecule has 0 spiro atoms. The largest absolute Gasteiger partial charge is 0.473 e. The minimum atomic E-state index is -5.10. The van der Waals surface area contributed by atoms with Crippen molar-refractivity contribution in [3.05, 3.63) is 0 Å². The number of amides is 2. The van der Waals surface area contributed by atoms with Gasteiger partial charge in [-0.1, -0.05) is 6.92 Å². The van der Waals surface area contributed by atoms with E-state index in [1.165, 1.54) is 6.92 Å². The van der Waals surface area contributed by atoms with Crippen LogP contribution in [0.25, 0.3) is 0 Å². The number of nitrogens with two attached hydrogens (primary N) is 1. The first-order valence-electron chi connectivity index (χ1n) is 2.99. The molecule has 0 saturated heterocycles. The molecule has 0 radical (unpaired) electrons. The lowest BCUT2D eigenvalue weighted by molar-refractivity contribution is -0.187. The Kier molecular flexibility index (Phi) is 3.20. The zero-order chi connectivity index (χ0) is 9.94. The van der Waals surface area contributed by atoms with Crippen molar-refractivity contribution in [3.63, 3.8) is 0 Å². The van der Waals surface area contributed by atoms with Crippen LogP contribution in [0.15, 0.2) is 0 Å². The SMILES string of the molecule is CCC(=O)N(N)C(=O)C(F)(F)F. The number of hydrogen-bond acceptors (Lipinski definition) is 3. The highest BCUT2D eigenvalue weighted by Crippen LogP contribution is 2.16. The molecule has 0 atom stereocenters. The summed E-state index contributed by atoms with van der Waals surface area (Å²) in [5, 5.41) is -0.431. The molecular weight excluding hydrogens is 177 g/mol. The second-order valence-electron chi connectivity index (χ2n) is 1.92. The standard InChI is InChI=1S/C5H7F3N2O2/c1-2-3(11)10(9)4(12)5(6,7)8/h2,9H2,1H3. The van der Waals surface area contributed by atoms with Crippen LogP contribution in [0, 0.1) is 0 Å². The number of hydrazine groups is 1. The summed E-state index contributed by atoms with van der Waals surface area (Å²) in [4.78, 5) is 20.7. The van der Waals surface area contributed by atoms with E-state index >= 15 is 0 Å².